The zero-order valence-corrected chi connectivity index (χ0v) is 13.7. The van der Waals surface area contributed by atoms with Gasteiger partial charge < -0.3 is 10.1 Å². The first-order valence-corrected chi connectivity index (χ1v) is 7.82. The monoisotopic (exact) mass is 349 g/mol. The van der Waals surface area contributed by atoms with Gasteiger partial charge in [0.05, 0.1) is 4.92 Å². The van der Waals surface area contributed by atoms with Crippen LogP contribution in [0.15, 0.2) is 72.9 Å². The van der Waals surface area contributed by atoms with Gasteiger partial charge in [-0.15, -0.1) is 0 Å². The van der Waals surface area contributed by atoms with Crippen molar-refractivity contribution in [2.24, 2.45) is 0 Å². The molecule has 3 aromatic rings. The molecule has 130 valence electrons. The van der Waals surface area contributed by atoms with Gasteiger partial charge in [0.1, 0.15) is 11.9 Å². The molecule has 0 fully saturated rings. The van der Waals surface area contributed by atoms with E-state index < -0.39 is 4.92 Å². The van der Waals surface area contributed by atoms with Gasteiger partial charge >= 0.3 is 0 Å². The summed E-state index contributed by atoms with van der Waals surface area (Å²) in [6.45, 7) is 0.425. The number of benzene rings is 2. The van der Waals surface area contributed by atoms with Crippen molar-refractivity contribution in [3.8, 4) is 11.6 Å². The van der Waals surface area contributed by atoms with Crippen molar-refractivity contribution < 1.29 is 14.5 Å². The number of amides is 1. The summed E-state index contributed by atoms with van der Waals surface area (Å²) < 4.78 is 5.55. The maximum absolute atomic E-state index is 12.3. The van der Waals surface area contributed by atoms with Crippen LogP contribution in [0.25, 0.3) is 0 Å². The van der Waals surface area contributed by atoms with Gasteiger partial charge in [-0.05, 0) is 23.8 Å². The van der Waals surface area contributed by atoms with Crippen LogP contribution in [0.2, 0.25) is 0 Å². The van der Waals surface area contributed by atoms with Crippen molar-refractivity contribution in [2.75, 3.05) is 0 Å². The number of aromatic nitrogens is 1. The third-order valence-corrected chi connectivity index (χ3v) is 3.55. The summed E-state index contributed by atoms with van der Waals surface area (Å²) in [5, 5.41) is 13.5. The van der Waals surface area contributed by atoms with E-state index in [4.69, 9.17) is 4.74 Å². The third kappa shape index (κ3) is 4.41. The van der Waals surface area contributed by atoms with Gasteiger partial charge in [-0.1, -0.05) is 36.4 Å². The Bertz CT molecular complexity index is 912. The zero-order chi connectivity index (χ0) is 18.4. The minimum absolute atomic E-state index is 0.119. The van der Waals surface area contributed by atoms with Crippen LogP contribution in [0.4, 0.5) is 5.69 Å². The van der Waals surface area contributed by atoms with Gasteiger partial charge in [0, 0.05) is 24.2 Å². The molecular weight excluding hydrogens is 334 g/mol. The minimum Gasteiger partial charge on any atom is -0.439 e. The number of carbonyl (C=O) groups is 1. The summed E-state index contributed by atoms with van der Waals surface area (Å²) in [5.41, 5.74) is 1.33. The second-order valence-corrected chi connectivity index (χ2v) is 5.41. The van der Waals surface area contributed by atoms with Crippen molar-refractivity contribution in [1.29, 1.82) is 0 Å². The molecule has 1 aromatic heterocycles. The normalized spacial score (nSPS) is 10.2. The summed E-state index contributed by atoms with van der Waals surface area (Å²) in [6.07, 6.45) is 1.12. The second kappa shape index (κ2) is 7.89. The van der Waals surface area contributed by atoms with Crippen molar-refractivity contribution >= 4 is 11.6 Å². The van der Waals surface area contributed by atoms with Crippen LogP contribution in [0, 0.1) is 10.1 Å². The lowest BCUT2D eigenvalue weighted by molar-refractivity contribution is -0.385. The smallest absolute Gasteiger partial charge is 0.287 e. The van der Waals surface area contributed by atoms with E-state index >= 15 is 0 Å². The molecule has 0 aliphatic rings. The molecule has 0 aliphatic carbocycles. The molecule has 1 amide bonds. The average molecular weight is 349 g/mol. The fourth-order valence-corrected chi connectivity index (χ4v) is 2.24. The largest absolute Gasteiger partial charge is 0.439 e. The summed E-state index contributed by atoms with van der Waals surface area (Å²) in [7, 11) is 0. The molecule has 0 saturated carbocycles. The van der Waals surface area contributed by atoms with Crippen LogP contribution in [0.5, 0.6) is 11.6 Å². The topological polar surface area (TPSA) is 94.4 Å². The van der Waals surface area contributed by atoms with E-state index in [1.54, 1.807) is 24.3 Å². The molecule has 0 aliphatic heterocycles. The highest BCUT2D eigenvalue weighted by atomic mass is 16.6. The lowest BCUT2D eigenvalue weighted by atomic mass is 10.2. The fraction of sp³-hybridized carbons (Fsp3) is 0.0526. The number of nitrogens with one attached hydrogen (secondary N) is 1. The number of hydrogen-bond donors (Lipinski definition) is 1. The third-order valence-electron chi connectivity index (χ3n) is 3.55. The number of nitro groups is 1. The molecule has 2 aromatic carbocycles. The Morgan fingerprint density at radius 2 is 1.88 bits per heavy atom. The maximum atomic E-state index is 12.3. The molecule has 1 N–H and O–H groups in total. The van der Waals surface area contributed by atoms with Crippen LogP contribution in [0.1, 0.15) is 15.9 Å². The van der Waals surface area contributed by atoms with E-state index in [2.05, 4.69) is 10.3 Å². The fourth-order valence-electron chi connectivity index (χ4n) is 2.24. The first-order valence-electron chi connectivity index (χ1n) is 7.82. The number of rotatable bonds is 6. The van der Waals surface area contributed by atoms with Gasteiger partial charge in [-0.3, -0.25) is 14.9 Å². The van der Waals surface area contributed by atoms with Crippen LogP contribution in [0.3, 0.4) is 0 Å². The molecule has 0 bridgehead atoms. The molecule has 0 spiro atoms. The van der Waals surface area contributed by atoms with Crippen molar-refractivity contribution in [2.45, 2.75) is 6.54 Å². The molecule has 0 saturated heterocycles. The molecule has 3 rings (SSSR count). The van der Waals surface area contributed by atoms with Crippen LogP contribution in [-0.2, 0) is 6.54 Å². The molecule has 7 heteroatoms. The first-order chi connectivity index (χ1) is 12.6. The van der Waals surface area contributed by atoms with Gasteiger partial charge in [-0.25, -0.2) is 4.98 Å². The van der Waals surface area contributed by atoms with E-state index in [0.717, 1.165) is 11.8 Å². The number of carbonyl (C=O) groups excluding carboxylic acids is 1. The van der Waals surface area contributed by atoms with Crippen LogP contribution >= 0.6 is 0 Å². The van der Waals surface area contributed by atoms with Crippen molar-refractivity contribution in [3.63, 3.8) is 0 Å². The predicted molar refractivity (Wildman–Crippen MR) is 95.0 cm³/mol. The first kappa shape index (κ1) is 17.1. The van der Waals surface area contributed by atoms with Crippen LogP contribution < -0.4 is 10.1 Å². The van der Waals surface area contributed by atoms with E-state index in [1.807, 2.05) is 30.3 Å². The van der Waals surface area contributed by atoms with Gasteiger partial charge in [0.15, 0.2) is 0 Å². The minimum atomic E-state index is -0.533. The molecular formula is C19H15N3O4. The Labute approximate surface area is 149 Å². The number of nitrogens with zero attached hydrogens (tertiary/aromatic N) is 2. The lowest BCUT2D eigenvalue weighted by Crippen LogP contribution is -2.22. The average Bonchev–Trinajstić information content (AvgIpc) is 2.67. The molecule has 7 nitrogen and oxygen atoms in total. The highest BCUT2D eigenvalue weighted by molar-refractivity contribution is 5.94. The number of pyridine rings is 1. The standard InChI is InChI=1S/C19H15N3O4/c23-19(21-12-14-5-2-1-3-6-14)15-7-4-8-17(11-15)26-18-10-9-16(13-20-18)22(24)25/h1-11,13H,12H2,(H,21,23). The number of ether oxygens (including phenoxy) is 1. The maximum Gasteiger partial charge on any atom is 0.287 e. The second-order valence-electron chi connectivity index (χ2n) is 5.41. The molecule has 26 heavy (non-hydrogen) atoms. The molecule has 0 radical (unpaired) electrons. The quantitative estimate of drug-likeness (QED) is 0.541. The summed E-state index contributed by atoms with van der Waals surface area (Å²) in [6, 6.07) is 18.9. The SMILES string of the molecule is O=C(NCc1ccccc1)c1cccc(Oc2ccc([N+](=O)[O-])cn2)c1. The van der Waals surface area contributed by atoms with E-state index in [0.29, 0.717) is 17.9 Å². The summed E-state index contributed by atoms with van der Waals surface area (Å²) >= 11 is 0. The number of hydrogen-bond acceptors (Lipinski definition) is 5. The molecule has 0 atom stereocenters. The highest BCUT2D eigenvalue weighted by Gasteiger charge is 2.09. The molecule has 1 heterocycles. The Morgan fingerprint density at radius 1 is 1.08 bits per heavy atom. The van der Waals surface area contributed by atoms with Gasteiger partial charge in [0.2, 0.25) is 5.88 Å². The van der Waals surface area contributed by atoms with Gasteiger partial charge in [-0.2, -0.15) is 0 Å². The summed E-state index contributed by atoms with van der Waals surface area (Å²) in [4.78, 5) is 26.3. The van der Waals surface area contributed by atoms with Crippen molar-refractivity contribution in [3.05, 3.63) is 94.2 Å². The van der Waals surface area contributed by atoms with Gasteiger partial charge in [0.25, 0.3) is 11.6 Å². The van der Waals surface area contributed by atoms with E-state index in [9.17, 15) is 14.9 Å². The highest BCUT2D eigenvalue weighted by Crippen LogP contribution is 2.22. The lowest BCUT2D eigenvalue weighted by Gasteiger charge is -2.08. The van der Waals surface area contributed by atoms with Crippen LogP contribution in [-0.4, -0.2) is 15.8 Å². The predicted octanol–water partition coefficient (Wildman–Crippen LogP) is 3.71. The summed E-state index contributed by atoms with van der Waals surface area (Å²) in [5.74, 6) is 0.395. The Hall–Kier alpha value is -3.74. The molecule has 0 unspecified atom stereocenters. The van der Waals surface area contributed by atoms with E-state index in [-0.39, 0.29) is 17.5 Å². The van der Waals surface area contributed by atoms with E-state index in [1.165, 1.54) is 12.1 Å². The van der Waals surface area contributed by atoms with Crippen molar-refractivity contribution in [1.82, 2.24) is 10.3 Å². The Kier molecular flexibility index (Phi) is 5.19. The Morgan fingerprint density at radius 3 is 2.58 bits per heavy atom. The Balaban J connectivity index is 1.65. The zero-order valence-electron chi connectivity index (χ0n) is 13.7.